The minimum absolute atomic E-state index is 0.220. The van der Waals surface area contributed by atoms with Crippen LogP contribution in [0.5, 0.6) is 5.75 Å². The van der Waals surface area contributed by atoms with Gasteiger partial charge in [0, 0.05) is 0 Å². The second-order valence-corrected chi connectivity index (χ2v) is 17.5. The molecule has 0 radical (unpaired) electrons. The van der Waals surface area contributed by atoms with Gasteiger partial charge in [0.25, 0.3) is 0 Å². The topological polar surface area (TPSA) is 38.8 Å². The molecule has 0 aromatic heterocycles. The number of para-hydroxylation sites is 1. The molecule has 6 rings (SSSR count). The van der Waals surface area contributed by atoms with E-state index in [1.54, 1.807) is 0 Å². The summed E-state index contributed by atoms with van der Waals surface area (Å²) in [5, 5.41) is 3.30. The Bertz CT molecular complexity index is 1570. The van der Waals surface area contributed by atoms with Crippen LogP contribution in [0.4, 0.5) is 5.69 Å². The van der Waals surface area contributed by atoms with Gasteiger partial charge in [-0.3, -0.25) is 0 Å². The third kappa shape index (κ3) is 5.91. The zero-order valence-electron chi connectivity index (χ0n) is 24.0. The molecule has 0 unspecified atom stereocenters. The summed E-state index contributed by atoms with van der Waals surface area (Å²) >= 11 is 8.12. The number of halogens is 1. The Morgan fingerprint density at radius 2 is 1.28 bits per heavy atom. The maximum atomic E-state index is 13.1. The molecule has 0 bridgehead atoms. The monoisotopic (exact) mass is 607 g/mol. The van der Waals surface area contributed by atoms with Gasteiger partial charge in [0.1, 0.15) is 0 Å². The Labute approximate surface area is 258 Å². The molecular weight excluding hydrogens is 573 g/mol. The normalized spacial score (nSPS) is 13.7. The average molecular weight is 608 g/mol. The van der Waals surface area contributed by atoms with Crippen molar-refractivity contribution in [3.8, 4) is 5.75 Å². The van der Waals surface area contributed by atoms with E-state index in [-0.39, 0.29) is 19.0 Å². The zero-order valence-corrected chi connectivity index (χ0v) is 25.7. The van der Waals surface area contributed by atoms with Crippen molar-refractivity contribution < 1.29 is 14.3 Å². The predicted octanol–water partition coefficient (Wildman–Crippen LogP) is 7.55. The van der Waals surface area contributed by atoms with Gasteiger partial charge in [-0.05, 0) is 12.1 Å². The molecule has 6 heteroatoms. The second kappa shape index (κ2) is 12.6. The van der Waals surface area contributed by atoms with Crippen LogP contribution in [0, 0.1) is 0 Å². The van der Waals surface area contributed by atoms with E-state index in [9.17, 15) is 4.79 Å². The molecule has 1 aliphatic rings. The number of esters is 1. The molecule has 0 spiro atoms. The Hall–Kier alpha value is -4.11. The van der Waals surface area contributed by atoms with Crippen molar-refractivity contribution in [3.05, 3.63) is 151 Å². The van der Waals surface area contributed by atoms with Crippen LogP contribution < -0.4 is 25.6 Å². The van der Waals surface area contributed by atoms with Crippen molar-refractivity contribution in [3.63, 3.8) is 0 Å². The maximum absolute atomic E-state index is 13.1. The number of carbonyl (C=O) groups excluding carboxylic acids is 1. The number of rotatable bonds is 10. The summed E-state index contributed by atoms with van der Waals surface area (Å²) in [4.78, 5) is 15.2. The van der Waals surface area contributed by atoms with Crippen LogP contribution in [0.3, 0.4) is 0 Å². The summed E-state index contributed by atoms with van der Waals surface area (Å²) in [6, 6.07) is 47.3. The molecule has 0 fully saturated rings. The van der Waals surface area contributed by atoms with Crippen LogP contribution in [-0.4, -0.2) is 18.9 Å². The molecule has 218 valence electrons. The van der Waals surface area contributed by atoms with E-state index >= 15 is 0 Å². The number of ether oxygens (including phenoxy) is 2. The molecule has 5 aromatic carbocycles. The number of fused-ring (bicyclic) bond motifs is 1. The first-order valence-corrected chi connectivity index (χ1v) is 18.0. The number of anilines is 1. The minimum atomic E-state index is -3.40. The molecule has 0 amide bonds. The van der Waals surface area contributed by atoms with Crippen molar-refractivity contribution in [2.45, 2.75) is 26.0 Å². The van der Waals surface area contributed by atoms with E-state index in [1.165, 1.54) is 0 Å². The summed E-state index contributed by atoms with van der Waals surface area (Å²) in [5.74, 6) is -2.75. The summed E-state index contributed by atoms with van der Waals surface area (Å²) in [7, 11) is 0. The number of hydrogen-bond donors (Lipinski definition) is 0. The van der Waals surface area contributed by atoms with Crippen molar-refractivity contribution in [1.29, 1.82) is 0 Å². The van der Waals surface area contributed by atoms with E-state index in [0.29, 0.717) is 19.3 Å². The summed E-state index contributed by atoms with van der Waals surface area (Å²) < 4.78 is 11.8. The van der Waals surface area contributed by atoms with Crippen LogP contribution in [0.15, 0.2) is 140 Å². The van der Waals surface area contributed by atoms with Crippen molar-refractivity contribution in [1.82, 2.24) is 0 Å². The molecule has 0 N–H and O–H groups in total. The Balaban J connectivity index is 1.16. The fourth-order valence-corrected chi connectivity index (χ4v) is 12.2. The summed E-state index contributed by atoms with van der Waals surface area (Å²) in [6.45, 7) is 1.46. The molecule has 5 aromatic rings. The van der Waals surface area contributed by atoms with Gasteiger partial charge in [0.15, 0.2) is 0 Å². The number of hydrogen-bond acceptors (Lipinski definition) is 4. The van der Waals surface area contributed by atoms with E-state index < -0.39 is 5.96 Å². The molecule has 0 saturated heterocycles. The molecule has 43 heavy (non-hydrogen) atoms. The van der Waals surface area contributed by atoms with Crippen LogP contribution >= 0.6 is 17.2 Å². The Morgan fingerprint density at radius 1 is 0.744 bits per heavy atom. The van der Waals surface area contributed by atoms with Crippen molar-refractivity contribution >= 4 is 44.8 Å². The van der Waals surface area contributed by atoms with Gasteiger partial charge < -0.3 is 0 Å². The Morgan fingerprint density at radius 3 is 1.84 bits per heavy atom. The molecule has 0 aliphatic carbocycles. The van der Waals surface area contributed by atoms with Gasteiger partial charge in [0.05, 0.1) is 0 Å². The first kappa shape index (κ1) is 29.0. The molecule has 1 heterocycles. The summed E-state index contributed by atoms with van der Waals surface area (Å²) in [5.41, 5.74) is 3.14. The van der Waals surface area contributed by atoms with Crippen molar-refractivity contribution in [2.24, 2.45) is 0 Å². The number of nitrogens with zero attached hydrogens (tertiary/aromatic N) is 1. The third-order valence-electron chi connectivity index (χ3n) is 8.23. The number of carbonyl (C=O) groups is 1. The molecule has 1 aliphatic heterocycles. The van der Waals surface area contributed by atoms with Crippen LogP contribution in [0.1, 0.15) is 24.0 Å². The quantitative estimate of drug-likeness (QED) is 0.121. The summed E-state index contributed by atoms with van der Waals surface area (Å²) in [6.07, 6.45) is 1.53. The molecular formula is C37H35ClNO3P. The molecule has 0 atom stereocenters. The van der Waals surface area contributed by atoms with Gasteiger partial charge in [0.2, 0.25) is 0 Å². The predicted molar refractivity (Wildman–Crippen MR) is 179 cm³/mol. The van der Waals surface area contributed by atoms with E-state index in [0.717, 1.165) is 45.0 Å². The first-order valence-electron chi connectivity index (χ1n) is 14.6. The molecule has 0 saturated carbocycles. The van der Waals surface area contributed by atoms with E-state index in [4.69, 9.17) is 20.7 Å². The Kier molecular flexibility index (Phi) is 8.51. The van der Waals surface area contributed by atoms with Gasteiger partial charge in [-0.25, -0.2) is 0 Å². The average Bonchev–Trinajstić information content (AvgIpc) is 3.08. The SMILES string of the molecule is O=C(CCCP(Cl)(c1ccccc1)(c1ccccc1)c1ccccc1)OCc1ccc2c(c1)CN(c1ccccc1)CO2. The van der Waals surface area contributed by atoms with Gasteiger partial charge >= 0.3 is 229 Å². The first-order chi connectivity index (χ1) is 21.0. The van der Waals surface area contributed by atoms with Gasteiger partial charge in [-0.2, -0.15) is 0 Å². The fraction of sp³-hybridized carbons (Fsp3) is 0.162. The van der Waals surface area contributed by atoms with E-state index in [2.05, 4.69) is 59.5 Å². The van der Waals surface area contributed by atoms with Crippen LogP contribution in [0.25, 0.3) is 0 Å². The van der Waals surface area contributed by atoms with Gasteiger partial charge in [-0.15, -0.1) is 0 Å². The number of benzene rings is 5. The zero-order chi connectivity index (χ0) is 29.6. The van der Waals surface area contributed by atoms with Crippen LogP contribution in [0.2, 0.25) is 0 Å². The van der Waals surface area contributed by atoms with E-state index in [1.807, 2.05) is 84.9 Å². The third-order valence-corrected chi connectivity index (χ3v) is 15.8. The second-order valence-electron chi connectivity index (χ2n) is 10.9. The van der Waals surface area contributed by atoms with Gasteiger partial charge in [-0.1, -0.05) is 18.2 Å². The fourth-order valence-electron chi connectivity index (χ4n) is 6.00. The standard InChI is InChI=1S/C37H35ClNO3P/c38-43(33-16-7-2-8-17-33,34-18-9-3-10-19-34,35-20-11-4-12-21-35)25-13-22-37(40)41-28-30-23-24-36-31(26-30)27-39(29-42-36)32-14-5-1-6-15-32/h1-12,14-21,23-24,26H,13,22,25,27-29H2. The van der Waals surface area contributed by atoms with Crippen molar-refractivity contribution in [2.75, 3.05) is 17.8 Å². The molecule has 4 nitrogen and oxygen atoms in total. The van der Waals surface area contributed by atoms with Crippen LogP contribution in [-0.2, 0) is 22.7 Å².